The van der Waals surface area contributed by atoms with Gasteiger partial charge < -0.3 is 34.8 Å². The molecule has 0 atom stereocenters. The van der Waals surface area contributed by atoms with E-state index in [1.807, 2.05) is 6.07 Å². The number of piperazine rings is 1. The van der Waals surface area contributed by atoms with E-state index in [4.69, 9.17) is 21.7 Å². The highest BCUT2D eigenvalue weighted by molar-refractivity contribution is 7.80. The van der Waals surface area contributed by atoms with Gasteiger partial charge in [0.15, 0.2) is 16.6 Å². The number of hydrogen-bond acceptors (Lipinski definition) is 9. The van der Waals surface area contributed by atoms with Crippen molar-refractivity contribution in [3.8, 4) is 17.2 Å². The van der Waals surface area contributed by atoms with Crippen LogP contribution in [0.25, 0.3) is 10.9 Å². The Morgan fingerprint density at radius 3 is 2.58 bits per heavy atom. The minimum atomic E-state index is -0.136. The standard InChI is InChI=1S/C27H34N6O4S/c1-19-14-21-22(16-25(19)37-13-10-31-8-11-36-12-9-31)29-18-30-26(21)32-4-6-33(7-5-32)27(38)28-17-20-2-3-23(34)24(35)15-20/h2-3,14-16,18,34-35H,4-13,17H2,1H3,(H,28,38). The zero-order valence-corrected chi connectivity index (χ0v) is 22.4. The summed E-state index contributed by atoms with van der Waals surface area (Å²) in [5.41, 5.74) is 2.78. The van der Waals surface area contributed by atoms with Crippen LogP contribution >= 0.6 is 12.2 Å². The first-order valence-electron chi connectivity index (χ1n) is 12.9. The van der Waals surface area contributed by atoms with E-state index in [0.717, 1.165) is 92.6 Å². The lowest BCUT2D eigenvalue weighted by atomic mass is 10.1. The lowest BCUT2D eigenvalue weighted by Gasteiger charge is -2.37. The molecule has 0 saturated carbocycles. The van der Waals surface area contributed by atoms with E-state index < -0.39 is 0 Å². The molecule has 2 aliphatic heterocycles. The van der Waals surface area contributed by atoms with E-state index in [1.54, 1.807) is 12.4 Å². The zero-order chi connectivity index (χ0) is 26.5. The number of thiocarbonyl (C=S) groups is 1. The number of benzene rings is 2. The molecule has 2 fully saturated rings. The van der Waals surface area contributed by atoms with Gasteiger partial charge in [0.1, 0.15) is 24.5 Å². The lowest BCUT2D eigenvalue weighted by Crippen LogP contribution is -2.51. The molecule has 3 N–H and O–H groups in total. The van der Waals surface area contributed by atoms with Gasteiger partial charge in [-0.05, 0) is 48.5 Å². The van der Waals surface area contributed by atoms with Crippen molar-refractivity contribution in [2.24, 2.45) is 0 Å². The summed E-state index contributed by atoms with van der Waals surface area (Å²) in [7, 11) is 0. The van der Waals surface area contributed by atoms with Crippen molar-refractivity contribution < 1.29 is 19.7 Å². The van der Waals surface area contributed by atoms with Gasteiger partial charge in [-0.3, -0.25) is 4.90 Å². The molecule has 38 heavy (non-hydrogen) atoms. The number of aromatic hydroxyl groups is 2. The molecular weight excluding hydrogens is 504 g/mol. The molecule has 0 radical (unpaired) electrons. The quantitative estimate of drug-likeness (QED) is 0.305. The molecule has 5 rings (SSSR count). The maximum absolute atomic E-state index is 9.70. The molecule has 2 aliphatic rings. The molecule has 0 spiro atoms. The van der Waals surface area contributed by atoms with Crippen LogP contribution in [0.15, 0.2) is 36.7 Å². The normalized spacial score (nSPS) is 16.6. The average Bonchev–Trinajstić information content (AvgIpc) is 2.94. The summed E-state index contributed by atoms with van der Waals surface area (Å²) < 4.78 is 11.5. The molecule has 0 aliphatic carbocycles. The second-order valence-electron chi connectivity index (χ2n) is 9.59. The predicted octanol–water partition coefficient (Wildman–Crippen LogP) is 2.26. The van der Waals surface area contributed by atoms with Gasteiger partial charge in [0.2, 0.25) is 0 Å². The molecule has 0 bridgehead atoms. The number of aromatic nitrogens is 2. The molecular formula is C27H34N6O4S. The number of morpholine rings is 1. The smallest absolute Gasteiger partial charge is 0.169 e. The number of phenolic OH excluding ortho intramolecular Hbond substituents is 2. The summed E-state index contributed by atoms with van der Waals surface area (Å²) in [6.07, 6.45) is 1.62. The number of aryl methyl sites for hydroxylation is 1. The van der Waals surface area contributed by atoms with Crippen molar-refractivity contribution in [1.29, 1.82) is 0 Å². The Balaban J connectivity index is 1.17. The summed E-state index contributed by atoms with van der Waals surface area (Å²) in [6, 6.07) is 8.91. The molecule has 202 valence electrons. The highest BCUT2D eigenvalue weighted by atomic mass is 32.1. The molecule has 1 aromatic heterocycles. The number of nitrogens with one attached hydrogen (secondary N) is 1. The van der Waals surface area contributed by atoms with E-state index in [1.165, 1.54) is 12.1 Å². The summed E-state index contributed by atoms with van der Waals surface area (Å²) in [5, 5.41) is 24.1. The van der Waals surface area contributed by atoms with E-state index >= 15 is 0 Å². The first-order chi connectivity index (χ1) is 18.5. The largest absolute Gasteiger partial charge is 0.504 e. The Hall–Kier alpha value is -3.41. The molecule has 2 aromatic carbocycles. The summed E-state index contributed by atoms with van der Waals surface area (Å²) in [4.78, 5) is 15.9. The summed E-state index contributed by atoms with van der Waals surface area (Å²) in [5.74, 6) is 1.52. The number of phenols is 2. The topological polar surface area (TPSA) is 106 Å². The Kier molecular flexibility index (Phi) is 8.26. The second-order valence-corrected chi connectivity index (χ2v) is 9.98. The number of hydrogen-bond donors (Lipinski definition) is 3. The molecule has 11 heteroatoms. The van der Waals surface area contributed by atoms with Crippen molar-refractivity contribution in [2.45, 2.75) is 13.5 Å². The minimum Gasteiger partial charge on any atom is -0.504 e. The van der Waals surface area contributed by atoms with Gasteiger partial charge in [-0.25, -0.2) is 9.97 Å². The molecule has 3 aromatic rings. The van der Waals surface area contributed by atoms with Gasteiger partial charge in [0.05, 0.1) is 18.7 Å². The van der Waals surface area contributed by atoms with Crippen LogP contribution in [0.4, 0.5) is 5.82 Å². The Bertz CT molecular complexity index is 1280. The van der Waals surface area contributed by atoms with Crippen LogP contribution in [0.2, 0.25) is 0 Å². The van der Waals surface area contributed by atoms with E-state index in [-0.39, 0.29) is 11.5 Å². The van der Waals surface area contributed by atoms with Gasteiger partial charge in [-0.15, -0.1) is 0 Å². The van der Waals surface area contributed by atoms with Crippen molar-refractivity contribution in [3.63, 3.8) is 0 Å². The number of ether oxygens (including phenoxy) is 2. The number of nitrogens with zero attached hydrogens (tertiary/aromatic N) is 5. The van der Waals surface area contributed by atoms with E-state index in [2.05, 4.69) is 43.0 Å². The Labute approximate surface area is 227 Å². The number of anilines is 1. The summed E-state index contributed by atoms with van der Waals surface area (Å²) >= 11 is 5.61. The number of rotatable bonds is 7. The highest BCUT2D eigenvalue weighted by Crippen LogP contribution is 2.30. The maximum Gasteiger partial charge on any atom is 0.169 e. The highest BCUT2D eigenvalue weighted by Gasteiger charge is 2.22. The van der Waals surface area contributed by atoms with Crippen LogP contribution in [0.3, 0.4) is 0 Å². The van der Waals surface area contributed by atoms with Crippen molar-refractivity contribution in [2.75, 3.05) is 70.5 Å². The van der Waals surface area contributed by atoms with Crippen molar-refractivity contribution in [1.82, 2.24) is 25.1 Å². The first kappa shape index (κ1) is 26.2. The van der Waals surface area contributed by atoms with Gasteiger partial charge in [-0.2, -0.15) is 0 Å². The predicted molar refractivity (Wildman–Crippen MR) is 150 cm³/mol. The third kappa shape index (κ3) is 6.17. The van der Waals surface area contributed by atoms with Crippen LogP contribution < -0.4 is 15.0 Å². The SMILES string of the molecule is Cc1cc2c(N3CCN(C(=S)NCc4ccc(O)c(O)c4)CC3)ncnc2cc1OCCN1CCOCC1. The third-order valence-electron chi connectivity index (χ3n) is 7.03. The van der Waals surface area contributed by atoms with Crippen LogP contribution in [0.1, 0.15) is 11.1 Å². The Morgan fingerprint density at radius 1 is 1.03 bits per heavy atom. The fourth-order valence-corrected chi connectivity index (χ4v) is 5.04. The van der Waals surface area contributed by atoms with Crippen LogP contribution in [-0.2, 0) is 11.3 Å². The van der Waals surface area contributed by atoms with Gasteiger partial charge >= 0.3 is 0 Å². The van der Waals surface area contributed by atoms with E-state index in [9.17, 15) is 10.2 Å². The van der Waals surface area contributed by atoms with Gasteiger partial charge in [0, 0.05) is 63.8 Å². The van der Waals surface area contributed by atoms with Crippen LogP contribution in [-0.4, -0.2) is 101 Å². The fraction of sp³-hybridized carbons (Fsp3) is 0.444. The van der Waals surface area contributed by atoms with Crippen molar-refractivity contribution >= 4 is 34.1 Å². The lowest BCUT2D eigenvalue weighted by molar-refractivity contribution is 0.0322. The monoisotopic (exact) mass is 538 g/mol. The minimum absolute atomic E-state index is 0.132. The molecule has 10 nitrogen and oxygen atoms in total. The molecule has 0 unspecified atom stereocenters. The third-order valence-corrected chi connectivity index (χ3v) is 7.43. The maximum atomic E-state index is 9.70. The molecule has 2 saturated heterocycles. The van der Waals surface area contributed by atoms with E-state index in [0.29, 0.717) is 18.3 Å². The second kappa shape index (κ2) is 12.0. The average molecular weight is 539 g/mol. The first-order valence-corrected chi connectivity index (χ1v) is 13.4. The zero-order valence-electron chi connectivity index (χ0n) is 21.6. The number of fused-ring (bicyclic) bond motifs is 1. The fourth-order valence-electron chi connectivity index (χ4n) is 4.79. The van der Waals surface area contributed by atoms with Crippen LogP contribution in [0.5, 0.6) is 17.2 Å². The van der Waals surface area contributed by atoms with Gasteiger partial charge in [0.25, 0.3) is 0 Å². The van der Waals surface area contributed by atoms with Gasteiger partial charge in [-0.1, -0.05) is 6.07 Å². The molecule has 3 heterocycles. The summed E-state index contributed by atoms with van der Waals surface area (Å²) in [6.45, 7) is 10.6. The molecule has 0 amide bonds. The Morgan fingerprint density at radius 2 is 1.82 bits per heavy atom. The van der Waals surface area contributed by atoms with Crippen LogP contribution in [0, 0.1) is 6.92 Å². The van der Waals surface area contributed by atoms with Crippen molar-refractivity contribution in [3.05, 3.63) is 47.8 Å².